The van der Waals surface area contributed by atoms with Crippen molar-refractivity contribution >= 4 is 5.82 Å². The number of aryl methyl sites for hydroxylation is 1. The van der Waals surface area contributed by atoms with Crippen molar-refractivity contribution in [1.29, 1.82) is 0 Å². The fourth-order valence-electron chi connectivity index (χ4n) is 1.34. The van der Waals surface area contributed by atoms with Gasteiger partial charge in [-0.2, -0.15) is 5.10 Å². The highest BCUT2D eigenvalue weighted by Gasteiger charge is 2.09. The average molecular weight is 207 g/mol. The van der Waals surface area contributed by atoms with Crippen LogP contribution in [0.2, 0.25) is 0 Å². The Morgan fingerprint density at radius 1 is 1.47 bits per heavy atom. The number of nitrogens with two attached hydrogens (primary N) is 1. The summed E-state index contributed by atoms with van der Waals surface area (Å²) in [6.45, 7) is 0. The molecule has 0 saturated carbocycles. The Morgan fingerprint density at radius 3 is 2.73 bits per heavy atom. The molecule has 2 rings (SSSR count). The molecule has 0 atom stereocenters. The lowest BCUT2D eigenvalue weighted by molar-refractivity contribution is 0.432. The van der Waals surface area contributed by atoms with Crippen LogP contribution in [-0.4, -0.2) is 14.9 Å². The van der Waals surface area contributed by atoms with Crippen molar-refractivity contribution in [1.82, 2.24) is 9.78 Å². The lowest BCUT2D eigenvalue weighted by Gasteiger charge is -2.02. The van der Waals surface area contributed by atoms with Gasteiger partial charge in [0.2, 0.25) is 0 Å². The first-order chi connectivity index (χ1) is 7.09. The first-order valence-electron chi connectivity index (χ1n) is 4.36. The maximum Gasteiger partial charge on any atom is 0.165 e. The van der Waals surface area contributed by atoms with E-state index in [2.05, 4.69) is 5.10 Å². The van der Waals surface area contributed by atoms with Crippen molar-refractivity contribution < 1.29 is 9.50 Å². The Labute approximate surface area is 85.8 Å². The zero-order chi connectivity index (χ0) is 11.0. The van der Waals surface area contributed by atoms with Crippen molar-refractivity contribution in [2.24, 2.45) is 7.05 Å². The molecule has 0 amide bonds. The van der Waals surface area contributed by atoms with Gasteiger partial charge in [-0.25, -0.2) is 4.39 Å². The second-order valence-corrected chi connectivity index (χ2v) is 3.23. The van der Waals surface area contributed by atoms with Crippen LogP contribution in [0.25, 0.3) is 11.1 Å². The minimum absolute atomic E-state index is 0.374. The van der Waals surface area contributed by atoms with Crippen molar-refractivity contribution in [2.75, 3.05) is 5.73 Å². The molecule has 3 N–H and O–H groups in total. The van der Waals surface area contributed by atoms with Gasteiger partial charge in [0.05, 0.1) is 6.20 Å². The predicted molar refractivity (Wildman–Crippen MR) is 54.7 cm³/mol. The van der Waals surface area contributed by atoms with Crippen LogP contribution in [-0.2, 0) is 7.05 Å². The monoisotopic (exact) mass is 207 g/mol. The average Bonchev–Trinajstić information content (AvgIpc) is 2.53. The third-order valence-electron chi connectivity index (χ3n) is 2.24. The Bertz CT molecular complexity index is 507. The summed E-state index contributed by atoms with van der Waals surface area (Å²) in [5, 5.41) is 13.0. The number of aromatic hydroxyl groups is 1. The molecule has 0 aliphatic heterocycles. The standard InChI is InChI=1S/C10H10FN3O/c1-14-10(12)7(5-13-14)6-2-3-9(15)8(11)4-6/h2-5,15H,12H2,1H3. The summed E-state index contributed by atoms with van der Waals surface area (Å²) in [7, 11) is 1.70. The van der Waals surface area contributed by atoms with Crippen LogP contribution < -0.4 is 5.73 Å². The largest absolute Gasteiger partial charge is 0.505 e. The van der Waals surface area contributed by atoms with E-state index in [1.807, 2.05) is 0 Å². The van der Waals surface area contributed by atoms with E-state index in [1.54, 1.807) is 19.3 Å². The van der Waals surface area contributed by atoms with Crippen molar-refractivity contribution in [3.05, 3.63) is 30.2 Å². The molecule has 0 aliphatic rings. The molecular weight excluding hydrogens is 197 g/mol. The Balaban J connectivity index is 2.55. The molecule has 1 aromatic heterocycles. The van der Waals surface area contributed by atoms with Gasteiger partial charge >= 0.3 is 0 Å². The Hall–Kier alpha value is -2.04. The number of rotatable bonds is 1. The fraction of sp³-hybridized carbons (Fsp3) is 0.100. The molecular formula is C10H10FN3O. The molecule has 1 aromatic carbocycles. The van der Waals surface area contributed by atoms with Crippen LogP contribution in [0.5, 0.6) is 5.75 Å². The van der Waals surface area contributed by atoms with Gasteiger partial charge in [-0.15, -0.1) is 0 Å². The molecule has 2 aromatic rings. The number of hydrogen-bond acceptors (Lipinski definition) is 3. The van der Waals surface area contributed by atoms with Gasteiger partial charge in [0.1, 0.15) is 5.82 Å². The molecule has 0 aliphatic carbocycles. The van der Waals surface area contributed by atoms with E-state index in [0.29, 0.717) is 16.9 Å². The zero-order valence-electron chi connectivity index (χ0n) is 8.11. The van der Waals surface area contributed by atoms with Gasteiger partial charge in [0.15, 0.2) is 11.6 Å². The third-order valence-corrected chi connectivity index (χ3v) is 2.24. The van der Waals surface area contributed by atoms with Gasteiger partial charge < -0.3 is 10.8 Å². The SMILES string of the molecule is Cn1ncc(-c2ccc(O)c(F)c2)c1N. The summed E-state index contributed by atoms with van der Waals surface area (Å²) in [4.78, 5) is 0. The highest BCUT2D eigenvalue weighted by atomic mass is 19.1. The molecule has 0 fully saturated rings. The first-order valence-corrected chi connectivity index (χ1v) is 4.36. The number of halogens is 1. The normalized spacial score (nSPS) is 10.5. The smallest absolute Gasteiger partial charge is 0.165 e. The second kappa shape index (κ2) is 3.27. The molecule has 0 spiro atoms. The fourth-order valence-corrected chi connectivity index (χ4v) is 1.34. The molecule has 0 radical (unpaired) electrons. The molecule has 0 saturated heterocycles. The summed E-state index contributed by atoms with van der Waals surface area (Å²) in [5.41, 5.74) is 6.98. The van der Waals surface area contributed by atoms with Crippen LogP contribution in [0.15, 0.2) is 24.4 Å². The highest BCUT2D eigenvalue weighted by molar-refractivity contribution is 5.73. The number of benzene rings is 1. The number of phenols is 1. The van der Waals surface area contributed by atoms with Crippen LogP contribution >= 0.6 is 0 Å². The van der Waals surface area contributed by atoms with Gasteiger partial charge in [-0.3, -0.25) is 4.68 Å². The summed E-state index contributed by atoms with van der Waals surface area (Å²) < 4.78 is 14.6. The van der Waals surface area contributed by atoms with Crippen molar-refractivity contribution in [3.8, 4) is 16.9 Å². The van der Waals surface area contributed by atoms with Crippen LogP contribution in [0.1, 0.15) is 0 Å². The minimum Gasteiger partial charge on any atom is -0.505 e. The van der Waals surface area contributed by atoms with Crippen LogP contribution in [0.4, 0.5) is 10.2 Å². The van der Waals surface area contributed by atoms with Crippen molar-refractivity contribution in [2.45, 2.75) is 0 Å². The number of aromatic nitrogens is 2. The van der Waals surface area contributed by atoms with E-state index in [-0.39, 0.29) is 5.75 Å². The summed E-state index contributed by atoms with van der Waals surface area (Å²) in [6.07, 6.45) is 1.56. The molecule has 0 unspecified atom stereocenters. The quantitative estimate of drug-likeness (QED) is 0.745. The van der Waals surface area contributed by atoms with E-state index in [0.717, 1.165) is 0 Å². The Morgan fingerprint density at radius 2 is 2.20 bits per heavy atom. The number of hydrogen-bond donors (Lipinski definition) is 2. The number of phenolic OH excluding ortho intramolecular Hbond substituents is 1. The van der Waals surface area contributed by atoms with E-state index in [1.165, 1.54) is 16.8 Å². The van der Waals surface area contributed by atoms with E-state index < -0.39 is 5.82 Å². The number of anilines is 1. The van der Waals surface area contributed by atoms with E-state index in [9.17, 15) is 4.39 Å². The molecule has 78 valence electrons. The second-order valence-electron chi connectivity index (χ2n) is 3.23. The molecule has 0 bridgehead atoms. The summed E-state index contributed by atoms with van der Waals surface area (Å²) in [5.74, 6) is -0.586. The molecule has 1 heterocycles. The van der Waals surface area contributed by atoms with E-state index in [4.69, 9.17) is 10.8 Å². The third kappa shape index (κ3) is 1.52. The molecule has 5 heteroatoms. The van der Waals surface area contributed by atoms with Gasteiger partial charge in [-0.1, -0.05) is 6.07 Å². The predicted octanol–water partition coefficient (Wildman–Crippen LogP) is 1.51. The zero-order valence-corrected chi connectivity index (χ0v) is 8.11. The lowest BCUT2D eigenvalue weighted by Crippen LogP contribution is -1.98. The topological polar surface area (TPSA) is 64.1 Å². The molecule has 15 heavy (non-hydrogen) atoms. The van der Waals surface area contributed by atoms with Gasteiger partial charge in [0.25, 0.3) is 0 Å². The van der Waals surface area contributed by atoms with Gasteiger partial charge in [-0.05, 0) is 17.7 Å². The van der Waals surface area contributed by atoms with Crippen LogP contribution in [0, 0.1) is 5.82 Å². The number of nitrogens with zero attached hydrogens (tertiary/aromatic N) is 2. The lowest BCUT2D eigenvalue weighted by atomic mass is 10.1. The van der Waals surface area contributed by atoms with E-state index >= 15 is 0 Å². The van der Waals surface area contributed by atoms with Crippen LogP contribution in [0.3, 0.4) is 0 Å². The van der Waals surface area contributed by atoms with Crippen molar-refractivity contribution in [3.63, 3.8) is 0 Å². The maximum absolute atomic E-state index is 13.1. The number of nitrogen functional groups attached to an aromatic ring is 1. The molecule has 4 nitrogen and oxygen atoms in total. The highest BCUT2D eigenvalue weighted by Crippen LogP contribution is 2.28. The van der Waals surface area contributed by atoms with Gasteiger partial charge in [0, 0.05) is 12.6 Å². The minimum atomic E-state index is -0.671. The first kappa shape index (κ1) is 9.51. The Kier molecular flexibility index (Phi) is 2.07. The maximum atomic E-state index is 13.1. The summed E-state index contributed by atoms with van der Waals surface area (Å²) >= 11 is 0. The summed E-state index contributed by atoms with van der Waals surface area (Å²) in [6, 6.07) is 4.10.